The van der Waals surface area contributed by atoms with Crippen LogP contribution in [-0.2, 0) is 0 Å². The molecule has 1 rings (SSSR count). The zero-order valence-corrected chi connectivity index (χ0v) is 9.94. The van der Waals surface area contributed by atoms with Gasteiger partial charge in [0.25, 0.3) is 5.91 Å². The second kappa shape index (κ2) is 6.23. The standard InChI is InChI=1S/C11H14ClN3O/c1-3-4-5-6-15(2)11(16)9-7-14-10(12)8-13-9/h3,7-8H,1,4-6H2,2H3. The zero-order chi connectivity index (χ0) is 12.0. The van der Waals surface area contributed by atoms with E-state index in [2.05, 4.69) is 16.5 Å². The second-order valence-corrected chi connectivity index (χ2v) is 3.77. The van der Waals surface area contributed by atoms with Gasteiger partial charge in [-0.3, -0.25) is 4.79 Å². The highest BCUT2D eigenvalue weighted by Gasteiger charge is 2.12. The molecular weight excluding hydrogens is 226 g/mol. The van der Waals surface area contributed by atoms with E-state index in [9.17, 15) is 4.79 Å². The molecule has 0 fully saturated rings. The van der Waals surface area contributed by atoms with Crippen molar-refractivity contribution in [2.45, 2.75) is 12.8 Å². The summed E-state index contributed by atoms with van der Waals surface area (Å²) in [5.41, 5.74) is 0.311. The Balaban J connectivity index is 2.56. The van der Waals surface area contributed by atoms with Crippen LogP contribution in [0.4, 0.5) is 0 Å². The van der Waals surface area contributed by atoms with Crippen LogP contribution in [0.2, 0.25) is 5.15 Å². The molecule has 0 aliphatic heterocycles. The predicted octanol–water partition coefficient (Wildman–Crippen LogP) is 2.17. The average Bonchev–Trinajstić information content (AvgIpc) is 2.29. The predicted molar refractivity (Wildman–Crippen MR) is 63.4 cm³/mol. The third kappa shape index (κ3) is 3.62. The van der Waals surface area contributed by atoms with Crippen molar-refractivity contribution in [1.82, 2.24) is 14.9 Å². The maximum atomic E-state index is 11.8. The van der Waals surface area contributed by atoms with Crippen LogP contribution in [0.3, 0.4) is 0 Å². The number of rotatable bonds is 5. The minimum Gasteiger partial charge on any atom is -0.340 e. The molecule has 1 aromatic rings. The van der Waals surface area contributed by atoms with E-state index in [4.69, 9.17) is 11.6 Å². The SMILES string of the molecule is C=CCCCN(C)C(=O)c1cnc(Cl)cn1. The molecule has 0 bridgehead atoms. The highest BCUT2D eigenvalue weighted by Crippen LogP contribution is 2.04. The van der Waals surface area contributed by atoms with Crippen molar-refractivity contribution in [2.24, 2.45) is 0 Å². The fourth-order valence-electron chi connectivity index (χ4n) is 1.19. The van der Waals surface area contributed by atoms with Gasteiger partial charge in [-0.05, 0) is 12.8 Å². The lowest BCUT2D eigenvalue weighted by molar-refractivity contribution is 0.0787. The number of nitrogens with zero attached hydrogens (tertiary/aromatic N) is 3. The van der Waals surface area contributed by atoms with Gasteiger partial charge in [0.2, 0.25) is 0 Å². The second-order valence-electron chi connectivity index (χ2n) is 3.38. The summed E-state index contributed by atoms with van der Waals surface area (Å²) in [6, 6.07) is 0. The Kier molecular flexibility index (Phi) is 4.92. The van der Waals surface area contributed by atoms with Crippen molar-refractivity contribution in [3.05, 3.63) is 35.9 Å². The molecule has 0 atom stereocenters. The first kappa shape index (κ1) is 12.6. The van der Waals surface area contributed by atoms with Gasteiger partial charge < -0.3 is 4.90 Å². The number of amides is 1. The van der Waals surface area contributed by atoms with Crippen LogP contribution in [0.15, 0.2) is 25.0 Å². The summed E-state index contributed by atoms with van der Waals surface area (Å²) in [5.74, 6) is -0.145. The zero-order valence-electron chi connectivity index (χ0n) is 9.19. The van der Waals surface area contributed by atoms with Gasteiger partial charge in [-0.25, -0.2) is 9.97 Å². The number of carbonyl (C=O) groups excluding carboxylic acids is 1. The molecule has 0 spiro atoms. The highest BCUT2D eigenvalue weighted by atomic mass is 35.5. The monoisotopic (exact) mass is 239 g/mol. The van der Waals surface area contributed by atoms with Gasteiger partial charge in [-0.15, -0.1) is 6.58 Å². The van der Waals surface area contributed by atoms with Crippen molar-refractivity contribution in [2.75, 3.05) is 13.6 Å². The van der Waals surface area contributed by atoms with Crippen LogP contribution < -0.4 is 0 Å². The molecule has 0 aromatic carbocycles. The Labute approximate surface area is 100.0 Å². The van der Waals surface area contributed by atoms with E-state index in [1.807, 2.05) is 6.08 Å². The lowest BCUT2D eigenvalue weighted by Crippen LogP contribution is -2.28. The Bertz CT molecular complexity index is 364. The van der Waals surface area contributed by atoms with Crippen molar-refractivity contribution < 1.29 is 4.79 Å². The summed E-state index contributed by atoms with van der Waals surface area (Å²) in [6.07, 6.45) is 6.37. The highest BCUT2D eigenvalue weighted by molar-refractivity contribution is 6.29. The fraction of sp³-hybridized carbons (Fsp3) is 0.364. The summed E-state index contributed by atoms with van der Waals surface area (Å²) in [5, 5.41) is 0.283. The van der Waals surface area contributed by atoms with Gasteiger partial charge in [-0.1, -0.05) is 17.7 Å². The van der Waals surface area contributed by atoms with E-state index in [-0.39, 0.29) is 11.1 Å². The molecule has 0 saturated heterocycles. The summed E-state index contributed by atoms with van der Waals surface area (Å²) in [4.78, 5) is 21.2. The summed E-state index contributed by atoms with van der Waals surface area (Å²) >= 11 is 5.59. The van der Waals surface area contributed by atoms with Crippen molar-refractivity contribution in [3.8, 4) is 0 Å². The number of allylic oxidation sites excluding steroid dienone is 1. The maximum absolute atomic E-state index is 11.8. The molecule has 5 heteroatoms. The Morgan fingerprint density at radius 1 is 1.56 bits per heavy atom. The van der Waals surface area contributed by atoms with Crippen molar-refractivity contribution >= 4 is 17.5 Å². The quantitative estimate of drug-likeness (QED) is 0.584. The van der Waals surface area contributed by atoms with Crippen LogP contribution in [-0.4, -0.2) is 34.4 Å². The van der Waals surface area contributed by atoms with Crippen LogP contribution in [0, 0.1) is 0 Å². The van der Waals surface area contributed by atoms with Gasteiger partial charge in [0, 0.05) is 13.6 Å². The molecule has 1 aromatic heterocycles. The molecule has 16 heavy (non-hydrogen) atoms. The summed E-state index contributed by atoms with van der Waals surface area (Å²) in [7, 11) is 1.74. The molecule has 86 valence electrons. The summed E-state index contributed by atoms with van der Waals surface area (Å²) < 4.78 is 0. The summed E-state index contributed by atoms with van der Waals surface area (Å²) in [6.45, 7) is 4.31. The first-order chi connectivity index (χ1) is 7.65. The van der Waals surface area contributed by atoms with Gasteiger partial charge in [0.05, 0.1) is 12.4 Å². The van der Waals surface area contributed by atoms with Crippen molar-refractivity contribution in [3.63, 3.8) is 0 Å². The van der Waals surface area contributed by atoms with Crippen LogP contribution in [0.25, 0.3) is 0 Å². The molecule has 0 aliphatic rings. The normalized spacial score (nSPS) is 9.88. The lowest BCUT2D eigenvalue weighted by atomic mass is 10.3. The number of carbonyl (C=O) groups is 1. The number of unbranched alkanes of at least 4 members (excludes halogenated alkanes) is 1. The Morgan fingerprint density at radius 3 is 2.88 bits per heavy atom. The van der Waals surface area contributed by atoms with Gasteiger partial charge in [0.15, 0.2) is 0 Å². The minimum atomic E-state index is -0.145. The molecule has 1 amide bonds. The first-order valence-corrected chi connectivity index (χ1v) is 5.37. The maximum Gasteiger partial charge on any atom is 0.273 e. The van der Waals surface area contributed by atoms with E-state index >= 15 is 0 Å². The lowest BCUT2D eigenvalue weighted by Gasteiger charge is -2.15. The van der Waals surface area contributed by atoms with Gasteiger partial charge in [0.1, 0.15) is 10.8 Å². The van der Waals surface area contributed by atoms with Gasteiger partial charge >= 0.3 is 0 Å². The van der Waals surface area contributed by atoms with E-state index in [1.165, 1.54) is 12.4 Å². The molecule has 0 radical (unpaired) electrons. The first-order valence-electron chi connectivity index (χ1n) is 4.99. The number of hydrogen-bond acceptors (Lipinski definition) is 3. The van der Waals surface area contributed by atoms with Gasteiger partial charge in [-0.2, -0.15) is 0 Å². The third-order valence-electron chi connectivity index (χ3n) is 2.09. The van der Waals surface area contributed by atoms with E-state index < -0.39 is 0 Å². The topological polar surface area (TPSA) is 46.1 Å². The fourth-order valence-corrected chi connectivity index (χ4v) is 1.29. The molecule has 0 saturated carbocycles. The minimum absolute atomic E-state index is 0.145. The Hall–Kier alpha value is -1.42. The number of aromatic nitrogens is 2. The van der Waals surface area contributed by atoms with Crippen LogP contribution in [0.1, 0.15) is 23.3 Å². The smallest absolute Gasteiger partial charge is 0.273 e. The molecule has 0 aliphatic carbocycles. The average molecular weight is 240 g/mol. The van der Waals surface area contributed by atoms with E-state index in [1.54, 1.807) is 11.9 Å². The number of hydrogen-bond donors (Lipinski definition) is 0. The molecule has 0 unspecified atom stereocenters. The molecule has 4 nitrogen and oxygen atoms in total. The Morgan fingerprint density at radius 2 is 2.31 bits per heavy atom. The third-order valence-corrected chi connectivity index (χ3v) is 2.28. The van der Waals surface area contributed by atoms with Crippen LogP contribution >= 0.6 is 11.6 Å². The van der Waals surface area contributed by atoms with Crippen LogP contribution in [0.5, 0.6) is 0 Å². The molecular formula is C11H14ClN3O. The molecule has 1 heterocycles. The van der Waals surface area contributed by atoms with Crippen molar-refractivity contribution in [1.29, 1.82) is 0 Å². The largest absolute Gasteiger partial charge is 0.340 e. The van der Waals surface area contributed by atoms with E-state index in [0.29, 0.717) is 12.2 Å². The number of halogens is 1. The van der Waals surface area contributed by atoms with E-state index in [0.717, 1.165) is 12.8 Å². The molecule has 0 N–H and O–H groups in total.